The molecule has 0 aliphatic rings. The summed E-state index contributed by atoms with van der Waals surface area (Å²) in [6.07, 6.45) is 5.88. The minimum atomic E-state index is -0.670. The van der Waals surface area contributed by atoms with Gasteiger partial charge in [-0.3, -0.25) is 4.79 Å². The smallest absolute Gasteiger partial charge is 1.00 e. The molecule has 0 saturated heterocycles. The third-order valence-corrected chi connectivity index (χ3v) is 1.49. The summed E-state index contributed by atoms with van der Waals surface area (Å²) in [5.41, 5.74) is 0. The van der Waals surface area contributed by atoms with Crippen molar-refractivity contribution in [2.45, 2.75) is 45.4 Å². The number of carboxylic acid groups (broad SMARTS) is 1. The van der Waals surface area contributed by atoms with Crippen molar-refractivity contribution in [1.29, 1.82) is 0 Å². The molecular weight excluding hydrogens is 329 g/mol. The van der Waals surface area contributed by atoms with Crippen molar-refractivity contribution in [3.8, 4) is 0 Å². The van der Waals surface area contributed by atoms with E-state index in [0.717, 1.165) is 12.8 Å². The van der Waals surface area contributed by atoms with E-state index in [1.54, 1.807) is 0 Å². The Hall–Kier alpha value is 1.56. The van der Waals surface area contributed by atoms with Gasteiger partial charge in [0.2, 0.25) is 0 Å². The molecule has 0 spiro atoms. The van der Waals surface area contributed by atoms with Crippen molar-refractivity contribution in [1.82, 2.24) is 0 Å². The van der Waals surface area contributed by atoms with Gasteiger partial charge in [0.25, 0.3) is 0 Å². The molecule has 0 aliphatic heterocycles. The molecule has 0 aromatic carbocycles. The van der Waals surface area contributed by atoms with Crippen LogP contribution in [-0.2, 0) is 21.9 Å². The van der Waals surface area contributed by atoms with Crippen LogP contribution in [0.25, 0.3) is 0 Å². The van der Waals surface area contributed by atoms with Crippen molar-refractivity contribution < 1.29 is 29.8 Å². The second-order valence-electron chi connectivity index (χ2n) is 2.56. The second kappa shape index (κ2) is 15.1. The Kier molecular flexibility index (Phi) is 24.1. The van der Waals surface area contributed by atoms with Gasteiger partial charge in [-0.25, -0.2) is 0 Å². The van der Waals surface area contributed by atoms with Crippen LogP contribution in [0.2, 0.25) is 0 Å². The van der Waals surface area contributed by atoms with E-state index < -0.39 is 5.97 Å². The molecule has 0 amide bonds. The Labute approximate surface area is 128 Å². The molecule has 0 heterocycles. The first-order valence-corrected chi connectivity index (χ1v) is 3.99. The Morgan fingerprint density at radius 1 is 1.25 bits per heavy atom. The normalized spacial score (nSPS) is 8.08. The van der Waals surface area contributed by atoms with Crippen molar-refractivity contribution >= 4 is 54.9 Å². The van der Waals surface area contributed by atoms with Crippen LogP contribution in [0.15, 0.2) is 0 Å². The Bertz CT molecular complexity index is 107. The van der Waals surface area contributed by atoms with Crippen LogP contribution in [0.1, 0.15) is 48.3 Å². The monoisotopic (exact) mass is 347 g/mol. The topological polar surface area (TPSA) is 37.3 Å². The zero-order valence-corrected chi connectivity index (χ0v) is 13.0. The molecule has 0 fully saturated rings. The molecule has 0 atom stereocenters. The van der Waals surface area contributed by atoms with Crippen LogP contribution in [-0.4, -0.2) is 60.0 Å². The standard InChI is InChI=1S/C8H16O2.Ba.Cu.2H/c1-2-3-4-5-6-7-8(9)10;;;;/h2-7H2,1H3,(H,9,10);;;;/q;+2;;2*-1. The van der Waals surface area contributed by atoms with Crippen LogP contribution < -0.4 is 0 Å². The molecule has 4 heteroatoms. The SMILES string of the molecule is CCCCCCCC(=O)O.[Ba+2].[Cu].[H-].[H-]. The predicted molar refractivity (Wildman–Crippen MR) is 49.0 cm³/mol. The van der Waals surface area contributed by atoms with Crippen molar-refractivity contribution in [2.24, 2.45) is 0 Å². The summed E-state index contributed by atoms with van der Waals surface area (Å²) in [5.74, 6) is -0.670. The van der Waals surface area contributed by atoms with E-state index in [0.29, 0.717) is 6.42 Å². The number of hydrogen-bond donors (Lipinski definition) is 1. The molecule has 0 saturated carbocycles. The third-order valence-electron chi connectivity index (χ3n) is 1.49. The van der Waals surface area contributed by atoms with Crippen molar-refractivity contribution in [3.63, 3.8) is 0 Å². The quantitative estimate of drug-likeness (QED) is 0.591. The zero-order chi connectivity index (χ0) is 7.82. The average molecular weight is 347 g/mol. The number of hydrogen-bond acceptors (Lipinski definition) is 1. The molecule has 1 N–H and O–H groups in total. The molecular formula is C8H18BaCuO2. The maximum absolute atomic E-state index is 10.0. The van der Waals surface area contributed by atoms with Crippen LogP contribution in [0, 0.1) is 0 Å². The first kappa shape index (κ1) is 19.2. The van der Waals surface area contributed by atoms with Gasteiger partial charge in [0.15, 0.2) is 0 Å². The van der Waals surface area contributed by atoms with E-state index >= 15 is 0 Å². The summed E-state index contributed by atoms with van der Waals surface area (Å²) in [6, 6.07) is 0. The summed E-state index contributed by atoms with van der Waals surface area (Å²) in [7, 11) is 0. The Morgan fingerprint density at radius 3 is 2.17 bits per heavy atom. The number of unbranched alkanes of at least 4 members (excludes halogenated alkanes) is 4. The summed E-state index contributed by atoms with van der Waals surface area (Å²) < 4.78 is 0. The first-order chi connectivity index (χ1) is 4.77. The van der Waals surface area contributed by atoms with E-state index in [1.807, 2.05) is 0 Å². The molecule has 1 radical (unpaired) electrons. The summed E-state index contributed by atoms with van der Waals surface area (Å²) in [6.45, 7) is 2.15. The van der Waals surface area contributed by atoms with Gasteiger partial charge in [-0.1, -0.05) is 32.6 Å². The summed E-state index contributed by atoms with van der Waals surface area (Å²) >= 11 is 0. The molecule has 0 aromatic heterocycles. The van der Waals surface area contributed by atoms with Gasteiger partial charge < -0.3 is 7.96 Å². The summed E-state index contributed by atoms with van der Waals surface area (Å²) in [5, 5.41) is 8.27. The molecule has 0 aromatic rings. The van der Waals surface area contributed by atoms with Crippen LogP contribution in [0.4, 0.5) is 0 Å². The van der Waals surface area contributed by atoms with Crippen LogP contribution >= 0.6 is 0 Å². The fourth-order valence-corrected chi connectivity index (χ4v) is 0.880. The van der Waals surface area contributed by atoms with Crippen molar-refractivity contribution in [3.05, 3.63) is 0 Å². The predicted octanol–water partition coefficient (Wildman–Crippen LogP) is 2.27. The minimum Gasteiger partial charge on any atom is -1.00 e. The van der Waals surface area contributed by atoms with E-state index in [4.69, 9.17) is 5.11 Å². The van der Waals surface area contributed by atoms with Gasteiger partial charge in [0, 0.05) is 23.5 Å². The molecule has 12 heavy (non-hydrogen) atoms. The second-order valence-corrected chi connectivity index (χ2v) is 2.56. The number of carbonyl (C=O) groups is 1. The molecule has 2 nitrogen and oxygen atoms in total. The molecule has 0 aliphatic carbocycles. The van der Waals surface area contributed by atoms with Crippen LogP contribution in [0.3, 0.4) is 0 Å². The van der Waals surface area contributed by atoms with E-state index in [1.165, 1.54) is 19.3 Å². The Balaban J connectivity index is -0.0000000675. The van der Waals surface area contributed by atoms with Crippen LogP contribution in [0.5, 0.6) is 0 Å². The summed E-state index contributed by atoms with van der Waals surface area (Å²) in [4.78, 5) is 10.0. The fraction of sp³-hybridized carbons (Fsp3) is 0.875. The minimum absolute atomic E-state index is 0. The van der Waals surface area contributed by atoms with Gasteiger partial charge in [-0.15, -0.1) is 0 Å². The van der Waals surface area contributed by atoms with Gasteiger partial charge in [0.05, 0.1) is 0 Å². The molecule has 0 rings (SSSR count). The first-order valence-electron chi connectivity index (χ1n) is 3.99. The van der Waals surface area contributed by atoms with E-state index in [-0.39, 0.29) is 68.8 Å². The fourth-order valence-electron chi connectivity index (χ4n) is 0.880. The van der Waals surface area contributed by atoms with E-state index in [2.05, 4.69) is 6.92 Å². The number of rotatable bonds is 6. The van der Waals surface area contributed by atoms with Gasteiger partial charge in [-0.05, 0) is 6.42 Å². The third kappa shape index (κ3) is 17.6. The van der Waals surface area contributed by atoms with Gasteiger partial charge in [-0.2, -0.15) is 0 Å². The maximum Gasteiger partial charge on any atom is 2.00 e. The average Bonchev–Trinajstić information content (AvgIpc) is 1.87. The molecule has 75 valence electrons. The largest absolute Gasteiger partial charge is 2.00 e. The van der Waals surface area contributed by atoms with Gasteiger partial charge >= 0.3 is 54.9 Å². The zero-order valence-electron chi connectivity index (χ0n) is 9.61. The number of aliphatic carboxylic acids is 1. The maximum atomic E-state index is 10.0. The van der Waals surface area contributed by atoms with Crippen molar-refractivity contribution in [2.75, 3.05) is 0 Å². The van der Waals surface area contributed by atoms with Gasteiger partial charge in [0.1, 0.15) is 0 Å². The Morgan fingerprint density at radius 2 is 1.75 bits per heavy atom. The molecule has 0 unspecified atom stereocenters. The molecule has 0 bridgehead atoms. The number of carboxylic acids is 1. The van der Waals surface area contributed by atoms with E-state index in [9.17, 15) is 4.79 Å².